The molecule has 1 N–H and O–H groups in total. The number of hydrogen-bond acceptors (Lipinski definition) is 7. The molecule has 56 heavy (non-hydrogen) atoms. The lowest BCUT2D eigenvalue weighted by atomic mass is 10.1. The number of allylic oxidation sites excluding steroid dienone is 6. The Labute approximate surface area is 344 Å². The molecule has 0 saturated carbocycles. The van der Waals surface area contributed by atoms with Crippen molar-refractivity contribution in [1.29, 1.82) is 0 Å². The molecule has 10 heteroatoms. The van der Waals surface area contributed by atoms with Gasteiger partial charge in [-0.3, -0.25) is 18.6 Å². The van der Waals surface area contributed by atoms with Crippen LogP contribution in [0.15, 0.2) is 36.5 Å². The van der Waals surface area contributed by atoms with Crippen LogP contribution in [0.1, 0.15) is 194 Å². The number of nitrogens with zero attached hydrogens (tertiary/aromatic N) is 1. The van der Waals surface area contributed by atoms with Crippen molar-refractivity contribution < 1.29 is 42.1 Å². The number of carbonyl (C=O) groups is 2. The monoisotopic (exact) mass is 813 g/mol. The highest BCUT2D eigenvalue weighted by Gasteiger charge is 2.27. The highest BCUT2D eigenvalue weighted by molar-refractivity contribution is 7.47. The molecule has 2 unspecified atom stereocenters. The summed E-state index contributed by atoms with van der Waals surface area (Å²) in [4.78, 5) is 35.4. The van der Waals surface area contributed by atoms with Crippen molar-refractivity contribution in [2.75, 3.05) is 47.5 Å². The van der Waals surface area contributed by atoms with Crippen LogP contribution in [0.3, 0.4) is 0 Å². The van der Waals surface area contributed by atoms with Gasteiger partial charge in [0.2, 0.25) is 0 Å². The van der Waals surface area contributed by atoms with E-state index in [2.05, 4.69) is 50.3 Å². The minimum absolute atomic E-state index is 0.0284. The first-order valence-electron chi connectivity index (χ1n) is 22.7. The van der Waals surface area contributed by atoms with Gasteiger partial charge in [-0.1, -0.05) is 153 Å². The van der Waals surface area contributed by atoms with Gasteiger partial charge in [-0.2, -0.15) is 0 Å². The van der Waals surface area contributed by atoms with E-state index in [1.807, 2.05) is 21.1 Å². The van der Waals surface area contributed by atoms with E-state index in [4.69, 9.17) is 18.5 Å². The fraction of sp³-hybridized carbons (Fsp3) is 0.826. The molecule has 0 radical (unpaired) electrons. The first-order chi connectivity index (χ1) is 27.0. The summed E-state index contributed by atoms with van der Waals surface area (Å²) < 4.78 is 34.3. The Bertz CT molecular complexity index is 1050. The Kier molecular flexibility index (Phi) is 37.5. The lowest BCUT2D eigenvalue weighted by molar-refractivity contribution is -0.870. The number of hydrogen-bond donors (Lipinski definition) is 1. The van der Waals surface area contributed by atoms with Gasteiger partial charge < -0.3 is 18.9 Å². The second-order valence-electron chi connectivity index (χ2n) is 16.4. The van der Waals surface area contributed by atoms with Gasteiger partial charge in [0.05, 0.1) is 27.7 Å². The molecular formula is C46H87NO8P+. The Morgan fingerprint density at radius 3 is 1.50 bits per heavy atom. The van der Waals surface area contributed by atoms with Crippen molar-refractivity contribution in [3.05, 3.63) is 36.5 Å². The van der Waals surface area contributed by atoms with Crippen LogP contribution >= 0.6 is 7.82 Å². The van der Waals surface area contributed by atoms with Gasteiger partial charge in [0, 0.05) is 12.8 Å². The van der Waals surface area contributed by atoms with Crippen molar-refractivity contribution >= 4 is 19.8 Å². The molecule has 0 aliphatic carbocycles. The molecule has 328 valence electrons. The second kappa shape index (κ2) is 38.7. The van der Waals surface area contributed by atoms with Gasteiger partial charge in [-0.25, -0.2) is 4.57 Å². The molecule has 0 aliphatic heterocycles. The molecule has 9 nitrogen and oxygen atoms in total. The lowest BCUT2D eigenvalue weighted by Crippen LogP contribution is -2.37. The fourth-order valence-corrected chi connectivity index (χ4v) is 6.79. The smallest absolute Gasteiger partial charge is 0.462 e. The number of esters is 2. The highest BCUT2D eigenvalue weighted by atomic mass is 31.2. The third-order valence-electron chi connectivity index (χ3n) is 9.62. The van der Waals surface area contributed by atoms with Crippen molar-refractivity contribution in [1.82, 2.24) is 0 Å². The average Bonchev–Trinajstić information content (AvgIpc) is 3.15. The zero-order valence-corrected chi connectivity index (χ0v) is 37.8. The summed E-state index contributed by atoms with van der Waals surface area (Å²) in [5.41, 5.74) is 0. The van der Waals surface area contributed by atoms with Gasteiger partial charge in [0.15, 0.2) is 6.10 Å². The maximum Gasteiger partial charge on any atom is 0.472 e. The molecule has 0 fully saturated rings. The molecule has 0 bridgehead atoms. The molecule has 0 heterocycles. The van der Waals surface area contributed by atoms with Gasteiger partial charge in [0.25, 0.3) is 0 Å². The minimum Gasteiger partial charge on any atom is -0.462 e. The predicted molar refractivity (Wildman–Crippen MR) is 234 cm³/mol. The number of quaternary nitrogens is 1. The number of carbonyl (C=O) groups excluding carboxylic acids is 2. The largest absolute Gasteiger partial charge is 0.472 e. The summed E-state index contributed by atoms with van der Waals surface area (Å²) in [7, 11) is 1.46. The molecule has 0 aromatic carbocycles. The second-order valence-corrected chi connectivity index (χ2v) is 17.9. The Morgan fingerprint density at radius 2 is 1.00 bits per heavy atom. The summed E-state index contributed by atoms with van der Waals surface area (Å²) in [6, 6.07) is 0. The van der Waals surface area contributed by atoms with Crippen molar-refractivity contribution in [2.45, 2.75) is 200 Å². The predicted octanol–water partition coefficient (Wildman–Crippen LogP) is 12.9. The first kappa shape index (κ1) is 54.2. The van der Waals surface area contributed by atoms with Crippen LogP contribution < -0.4 is 0 Å². The summed E-state index contributed by atoms with van der Waals surface area (Å²) >= 11 is 0. The van der Waals surface area contributed by atoms with E-state index in [0.717, 1.165) is 64.2 Å². The number of phosphoric ester groups is 1. The zero-order chi connectivity index (χ0) is 41.4. The lowest BCUT2D eigenvalue weighted by Gasteiger charge is -2.24. The number of ether oxygens (including phenoxy) is 2. The van der Waals surface area contributed by atoms with E-state index in [9.17, 15) is 19.0 Å². The van der Waals surface area contributed by atoms with E-state index in [-0.39, 0.29) is 32.0 Å². The highest BCUT2D eigenvalue weighted by Crippen LogP contribution is 2.43. The van der Waals surface area contributed by atoms with Crippen LogP contribution in [0, 0.1) is 0 Å². The zero-order valence-electron chi connectivity index (χ0n) is 36.9. The third kappa shape index (κ3) is 41.9. The SMILES string of the molecule is CCC/C=C\C/C=C\CCCCCCCC(=O)OC(COC(=O)CCCCCCCCCCC/C=C\CCCCCCCC)COP(=O)(O)OCC[N+](C)(C)C. The van der Waals surface area contributed by atoms with Crippen LogP contribution in [0.2, 0.25) is 0 Å². The Balaban J connectivity index is 4.31. The standard InChI is InChI=1S/C46H86NO8P/c1-6-8-10-12-14-16-18-20-21-22-23-24-25-27-28-30-32-34-36-38-45(48)52-42-44(43-54-56(50,51)53-41-40-47(3,4)5)55-46(49)39-37-35-33-31-29-26-19-17-15-13-11-9-7-2/h11,13,17,19-21,44H,6-10,12,14-16,18,22-43H2,1-5H3/p+1/b13-11-,19-17-,21-20-. The quantitative estimate of drug-likeness (QED) is 0.0214. The molecule has 0 amide bonds. The minimum atomic E-state index is -4.38. The average molecular weight is 813 g/mol. The summed E-state index contributed by atoms with van der Waals surface area (Å²) in [5, 5.41) is 0. The number of unbranched alkanes of at least 4 members (excludes halogenated alkanes) is 21. The van der Waals surface area contributed by atoms with E-state index in [1.54, 1.807) is 0 Å². The molecule has 0 rings (SSSR count). The maximum absolute atomic E-state index is 12.7. The summed E-state index contributed by atoms with van der Waals surface area (Å²) in [5.74, 6) is -0.815. The normalized spacial score (nSPS) is 13.9. The van der Waals surface area contributed by atoms with Gasteiger partial charge >= 0.3 is 19.8 Å². The van der Waals surface area contributed by atoms with Crippen LogP contribution in [-0.2, 0) is 32.7 Å². The van der Waals surface area contributed by atoms with Gasteiger partial charge in [-0.15, -0.1) is 0 Å². The van der Waals surface area contributed by atoms with Crippen LogP contribution in [0.4, 0.5) is 0 Å². The summed E-state index contributed by atoms with van der Waals surface area (Å²) in [6.45, 7) is 4.34. The first-order valence-corrected chi connectivity index (χ1v) is 24.2. The fourth-order valence-electron chi connectivity index (χ4n) is 6.05. The molecular weight excluding hydrogens is 725 g/mol. The van der Waals surface area contributed by atoms with Crippen LogP contribution in [0.25, 0.3) is 0 Å². The van der Waals surface area contributed by atoms with E-state index < -0.39 is 26.5 Å². The van der Waals surface area contributed by atoms with Gasteiger partial charge in [-0.05, 0) is 64.2 Å². The Hall–Kier alpha value is -1.77. The molecule has 0 aromatic heterocycles. The maximum atomic E-state index is 12.7. The number of phosphoric acid groups is 1. The molecule has 0 spiro atoms. The molecule has 0 saturated heterocycles. The number of rotatable bonds is 41. The van der Waals surface area contributed by atoms with Crippen molar-refractivity contribution in [3.8, 4) is 0 Å². The van der Waals surface area contributed by atoms with E-state index in [0.29, 0.717) is 17.4 Å². The van der Waals surface area contributed by atoms with Gasteiger partial charge in [0.1, 0.15) is 19.8 Å². The topological polar surface area (TPSA) is 108 Å². The third-order valence-corrected chi connectivity index (χ3v) is 10.6. The van der Waals surface area contributed by atoms with Crippen LogP contribution in [-0.4, -0.2) is 74.9 Å². The van der Waals surface area contributed by atoms with Crippen molar-refractivity contribution in [2.24, 2.45) is 0 Å². The van der Waals surface area contributed by atoms with Crippen molar-refractivity contribution in [3.63, 3.8) is 0 Å². The molecule has 2 atom stereocenters. The molecule has 0 aliphatic rings. The molecule has 0 aromatic rings. The Morgan fingerprint density at radius 1 is 0.554 bits per heavy atom. The van der Waals surface area contributed by atoms with E-state index >= 15 is 0 Å². The summed E-state index contributed by atoms with van der Waals surface area (Å²) in [6.07, 6.45) is 43.3. The van der Waals surface area contributed by atoms with E-state index in [1.165, 1.54) is 96.3 Å². The number of likely N-dealkylation sites (N-methyl/N-ethyl adjacent to an activating group) is 1. The van der Waals surface area contributed by atoms with Crippen LogP contribution in [0.5, 0.6) is 0 Å².